The van der Waals surface area contributed by atoms with Gasteiger partial charge in [-0.3, -0.25) is 4.79 Å². The molecule has 0 bridgehead atoms. The van der Waals surface area contributed by atoms with Crippen LogP contribution in [0.5, 0.6) is 0 Å². The fourth-order valence-electron chi connectivity index (χ4n) is 1.89. The van der Waals surface area contributed by atoms with Crippen LogP contribution in [0.2, 0.25) is 0 Å². The van der Waals surface area contributed by atoms with Crippen LogP contribution in [0.1, 0.15) is 16.8 Å². The monoisotopic (exact) mass is 276 g/mol. The molecule has 1 unspecified atom stereocenters. The van der Waals surface area contributed by atoms with Gasteiger partial charge in [-0.05, 0) is 43.6 Å². The molecule has 1 aliphatic heterocycles. The summed E-state index contributed by atoms with van der Waals surface area (Å²) in [6.07, 6.45) is 0.992. The molecular weight excluding hydrogens is 262 g/mol. The highest BCUT2D eigenvalue weighted by molar-refractivity contribution is 5.94. The normalized spacial score (nSPS) is 18.2. The minimum absolute atomic E-state index is 0. The fourth-order valence-corrected chi connectivity index (χ4v) is 1.89. The van der Waals surface area contributed by atoms with Crippen LogP contribution in [0.15, 0.2) is 18.2 Å². The van der Waals surface area contributed by atoms with E-state index in [1.54, 1.807) is 0 Å². The van der Waals surface area contributed by atoms with E-state index in [2.05, 4.69) is 10.6 Å². The Hall–Kier alpha value is -1.20. The van der Waals surface area contributed by atoms with Crippen molar-refractivity contribution in [3.63, 3.8) is 0 Å². The maximum atomic E-state index is 13.3. The summed E-state index contributed by atoms with van der Waals surface area (Å²) >= 11 is 0. The predicted molar refractivity (Wildman–Crippen MR) is 66.9 cm³/mol. The van der Waals surface area contributed by atoms with E-state index < -0.39 is 17.5 Å². The molecule has 18 heavy (non-hydrogen) atoms. The Morgan fingerprint density at radius 3 is 2.89 bits per heavy atom. The van der Waals surface area contributed by atoms with Gasteiger partial charge in [0.15, 0.2) is 0 Å². The highest BCUT2D eigenvalue weighted by atomic mass is 35.5. The molecule has 0 aromatic heterocycles. The Bertz CT molecular complexity index is 423. The summed E-state index contributed by atoms with van der Waals surface area (Å²) in [5.41, 5.74) is -0.240. The molecule has 6 heteroatoms. The second-order valence-corrected chi connectivity index (χ2v) is 4.19. The summed E-state index contributed by atoms with van der Waals surface area (Å²) in [6.45, 7) is 2.28. The molecule has 1 fully saturated rings. The van der Waals surface area contributed by atoms with Crippen molar-refractivity contribution in [2.24, 2.45) is 5.92 Å². The Morgan fingerprint density at radius 2 is 2.22 bits per heavy atom. The molecule has 1 amide bonds. The van der Waals surface area contributed by atoms with E-state index in [4.69, 9.17) is 0 Å². The van der Waals surface area contributed by atoms with Crippen molar-refractivity contribution in [1.29, 1.82) is 0 Å². The highest BCUT2D eigenvalue weighted by Crippen LogP contribution is 2.10. The van der Waals surface area contributed by atoms with Gasteiger partial charge in [-0.2, -0.15) is 0 Å². The molecule has 1 heterocycles. The lowest BCUT2D eigenvalue weighted by atomic mass is 10.1. The van der Waals surface area contributed by atoms with E-state index in [0.29, 0.717) is 12.5 Å². The number of nitrogens with one attached hydrogen (secondary N) is 2. The third-order valence-electron chi connectivity index (χ3n) is 2.89. The molecule has 0 radical (unpaired) electrons. The van der Waals surface area contributed by atoms with Crippen molar-refractivity contribution in [3.8, 4) is 0 Å². The molecule has 1 saturated heterocycles. The van der Waals surface area contributed by atoms with Crippen molar-refractivity contribution in [1.82, 2.24) is 10.6 Å². The first-order valence-electron chi connectivity index (χ1n) is 5.61. The molecule has 1 aromatic rings. The summed E-state index contributed by atoms with van der Waals surface area (Å²) < 4.78 is 26.2. The van der Waals surface area contributed by atoms with E-state index in [1.807, 2.05) is 0 Å². The van der Waals surface area contributed by atoms with Crippen molar-refractivity contribution in [2.75, 3.05) is 19.6 Å². The van der Waals surface area contributed by atoms with Gasteiger partial charge >= 0.3 is 0 Å². The van der Waals surface area contributed by atoms with Gasteiger partial charge in [-0.1, -0.05) is 0 Å². The topological polar surface area (TPSA) is 41.1 Å². The number of halogens is 3. The van der Waals surface area contributed by atoms with Gasteiger partial charge in [0.05, 0.1) is 5.56 Å². The van der Waals surface area contributed by atoms with Crippen LogP contribution in [0.4, 0.5) is 8.78 Å². The van der Waals surface area contributed by atoms with Crippen molar-refractivity contribution in [3.05, 3.63) is 35.4 Å². The predicted octanol–water partition coefficient (Wildman–Crippen LogP) is 1.73. The quantitative estimate of drug-likeness (QED) is 0.883. The number of benzene rings is 1. The van der Waals surface area contributed by atoms with Gasteiger partial charge in [0.25, 0.3) is 5.91 Å². The molecule has 0 saturated carbocycles. The van der Waals surface area contributed by atoms with E-state index in [1.165, 1.54) is 0 Å². The summed E-state index contributed by atoms with van der Waals surface area (Å²) in [5, 5.41) is 5.79. The number of carbonyl (C=O) groups is 1. The van der Waals surface area contributed by atoms with Crippen LogP contribution in [-0.2, 0) is 0 Å². The third-order valence-corrected chi connectivity index (χ3v) is 2.89. The number of carbonyl (C=O) groups excluding carboxylic acids is 1. The average Bonchev–Trinajstić information content (AvgIpc) is 2.82. The maximum Gasteiger partial charge on any atom is 0.254 e. The lowest BCUT2D eigenvalue weighted by Gasteiger charge is -2.10. The van der Waals surface area contributed by atoms with Crippen LogP contribution in [0, 0.1) is 17.6 Å². The van der Waals surface area contributed by atoms with Crippen LogP contribution < -0.4 is 10.6 Å². The molecule has 100 valence electrons. The Labute approximate surface area is 110 Å². The van der Waals surface area contributed by atoms with E-state index in [0.717, 1.165) is 37.7 Å². The molecule has 1 aromatic carbocycles. The van der Waals surface area contributed by atoms with Gasteiger partial charge in [-0.25, -0.2) is 8.78 Å². The number of rotatable bonds is 3. The van der Waals surface area contributed by atoms with E-state index in [-0.39, 0.29) is 18.0 Å². The Balaban J connectivity index is 0.00000162. The first kappa shape index (κ1) is 14.9. The molecule has 0 aliphatic carbocycles. The largest absolute Gasteiger partial charge is 0.352 e. The Kier molecular flexibility index (Phi) is 5.50. The van der Waals surface area contributed by atoms with Crippen molar-refractivity contribution >= 4 is 18.3 Å². The van der Waals surface area contributed by atoms with Gasteiger partial charge < -0.3 is 10.6 Å². The molecule has 3 nitrogen and oxygen atoms in total. The summed E-state index contributed by atoms with van der Waals surface area (Å²) in [5.74, 6) is -1.50. The van der Waals surface area contributed by atoms with Gasteiger partial charge in [-0.15, -0.1) is 12.4 Å². The summed E-state index contributed by atoms with van der Waals surface area (Å²) in [6, 6.07) is 2.87. The molecule has 1 aliphatic rings. The zero-order valence-corrected chi connectivity index (χ0v) is 10.5. The highest BCUT2D eigenvalue weighted by Gasteiger charge is 2.17. The number of amides is 1. The first-order chi connectivity index (χ1) is 8.16. The van der Waals surface area contributed by atoms with E-state index >= 15 is 0 Å². The maximum absolute atomic E-state index is 13.3. The smallest absolute Gasteiger partial charge is 0.254 e. The van der Waals surface area contributed by atoms with Crippen molar-refractivity contribution in [2.45, 2.75) is 6.42 Å². The standard InChI is InChI=1S/C12H14F2N2O.ClH/c13-9-1-2-11(14)10(5-9)12(17)16-7-8-3-4-15-6-8;/h1-2,5,8,15H,3-4,6-7H2,(H,16,17);1H. The lowest BCUT2D eigenvalue weighted by molar-refractivity contribution is 0.0943. The number of hydrogen-bond donors (Lipinski definition) is 2. The second-order valence-electron chi connectivity index (χ2n) is 4.19. The van der Waals surface area contributed by atoms with Gasteiger partial charge in [0, 0.05) is 6.54 Å². The second kappa shape index (κ2) is 6.66. The molecular formula is C12H15ClF2N2O. The summed E-state index contributed by atoms with van der Waals surface area (Å²) in [7, 11) is 0. The van der Waals surface area contributed by atoms with Gasteiger partial charge in [0.2, 0.25) is 0 Å². The lowest BCUT2D eigenvalue weighted by Crippen LogP contribution is -2.30. The Morgan fingerprint density at radius 1 is 1.44 bits per heavy atom. The molecule has 2 N–H and O–H groups in total. The first-order valence-corrected chi connectivity index (χ1v) is 5.61. The minimum atomic E-state index is -0.701. The minimum Gasteiger partial charge on any atom is -0.352 e. The van der Waals surface area contributed by atoms with Crippen LogP contribution in [0.3, 0.4) is 0 Å². The molecule has 2 rings (SSSR count). The van der Waals surface area contributed by atoms with Gasteiger partial charge in [0.1, 0.15) is 11.6 Å². The molecule has 0 spiro atoms. The fraction of sp³-hybridized carbons (Fsp3) is 0.417. The molecule has 1 atom stereocenters. The van der Waals surface area contributed by atoms with Crippen LogP contribution in [0.25, 0.3) is 0 Å². The zero-order valence-electron chi connectivity index (χ0n) is 9.71. The number of hydrogen-bond acceptors (Lipinski definition) is 2. The van der Waals surface area contributed by atoms with Crippen molar-refractivity contribution < 1.29 is 13.6 Å². The SMILES string of the molecule is Cl.O=C(NCC1CCNC1)c1cc(F)ccc1F. The van der Waals surface area contributed by atoms with Crippen LogP contribution in [-0.4, -0.2) is 25.5 Å². The van der Waals surface area contributed by atoms with Crippen LogP contribution >= 0.6 is 12.4 Å². The third kappa shape index (κ3) is 3.65. The zero-order chi connectivity index (χ0) is 12.3. The average molecular weight is 277 g/mol. The van der Waals surface area contributed by atoms with E-state index in [9.17, 15) is 13.6 Å². The summed E-state index contributed by atoms with van der Waals surface area (Å²) in [4.78, 5) is 11.6.